The van der Waals surface area contributed by atoms with Crippen molar-refractivity contribution in [2.24, 2.45) is 7.05 Å². The molecule has 1 aliphatic rings. The Morgan fingerprint density at radius 1 is 1.28 bits per heavy atom. The van der Waals surface area contributed by atoms with Crippen LogP contribution in [0, 0.1) is 0 Å². The number of likely N-dealkylation sites (tertiary alicyclic amines) is 1. The molecule has 1 fully saturated rings. The summed E-state index contributed by atoms with van der Waals surface area (Å²) in [6.07, 6.45) is 4.16. The van der Waals surface area contributed by atoms with E-state index in [1.54, 1.807) is 24.1 Å². The number of rotatable bonds is 6. The third kappa shape index (κ3) is 4.30. The third-order valence-corrected chi connectivity index (χ3v) is 4.49. The molecule has 7 heteroatoms. The molecule has 0 spiro atoms. The Hall–Kier alpha value is -2.54. The van der Waals surface area contributed by atoms with Crippen LogP contribution in [0.4, 0.5) is 10.6 Å². The Balaban J connectivity index is 1.68. The molecular weight excluding hydrogens is 318 g/mol. The van der Waals surface area contributed by atoms with Gasteiger partial charge in [0.05, 0.1) is 13.2 Å². The molecule has 1 saturated heterocycles. The zero-order valence-corrected chi connectivity index (χ0v) is 14.7. The van der Waals surface area contributed by atoms with Gasteiger partial charge in [-0.2, -0.15) is 5.10 Å². The van der Waals surface area contributed by atoms with Gasteiger partial charge >= 0.3 is 6.03 Å². The number of carbonyl (C=O) groups is 1. The lowest BCUT2D eigenvalue weighted by atomic mass is 10.0. The van der Waals surface area contributed by atoms with Crippen LogP contribution in [0.2, 0.25) is 0 Å². The number of carbonyl (C=O) groups excluding carboxylic acids is 1. The molecular formula is C18H25N5O2. The molecule has 134 valence electrons. The largest absolute Gasteiger partial charge is 0.496 e. The number of aryl methyl sites for hydroxylation is 1. The van der Waals surface area contributed by atoms with Crippen LogP contribution in [0.5, 0.6) is 5.75 Å². The van der Waals surface area contributed by atoms with Gasteiger partial charge in [0.2, 0.25) is 0 Å². The van der Waals surface area contributed by atoms with E-state index in [2.05, 4.69) is 26.7 Å². The van der Waals surface area contributed by atoms with Gasteiger partial charge in [-0.1, -0.05) is 18.2 Å². The summed E-state index contributed by atoms with van der Waals surface area (Å²) >= 11 is 0. The summed E-state index contributed by atoms with van der Waals surface area (Å²) in [5.41, 5.74) is 1.10. The molecule has 0 aliphatic carbocycles. The Bertz CT molecular complexity index is 709. The van der Waals surface area contributed by atoms with Crippen LogP contribution < -0.4 is 15.4 Å². The second-order valence-corrected chi connectivity index (χ2v) is 6.21. The summed E-state index contributed by atoms with van der Waals surface area (Å²) in [5.74, 6) is 1.39. The van der Waals surface area contributed by atoms with E-state index in [9.17, 15) is 4.79 Å². The Kier molecular flexibility index (Phi) is 5.55. The lowest BCUT2D eigenvalue weighted by molar-refractivity contribution is 0.224. The number of aromatic nitrogens is 2. The lowest BCUT2D eigenvalue weighted by Gasteiger charge is -2.29. The molecule has 1 aliphatic heterocycles. The van der Waals surface area contributed by atoms with Crippen molar-refractivity contribution in [3.05, 3.63) is 42.1 Å². The van der Waals surface area contributed by atoms with Gasteiger partial charge in [0.15, 0.2) is 5.82 Å². The topological polar surface area (TPSA) is 71.4 Å². The van der Waals surface area contributed by atoms with Gasteiger partial charge in [-0.3, -0.25) is 14.9 Å². The van der Waals surface area contributed by atoms with Gasteiger partial charge in [-0.25, -0.2) is 4.79 Å². The fraction of sp³-hybridized carbons (Fsp3) is 0.444. The Morgan fingerprint density at radius 2 is 2.04 bits per heavy atom. The van der Waals surface area contributed by atoms with Crippen molar-refractivity contribution in [1.82, 2.24) is 20.0 Å². The van der Waals surface area contributed by atoms with Crippen molar-refractivity contribution in [2.75, 3.05) is 32.1 Å². The van der Waals surface area contributed by atoms with Crippen LogP contribution in [0.1, 0.15) is 24.4 Å². The number of hydrogen-bond acceptors (Lipinski definition) is 4. The minimum atomic E-state index is -0.252. The maximum absolute atomic E-state index is 12.2. The first-order chi connectivity index (χ1) is 12.2. The van der Waals surface area contributed by atoms with E-state index in [1.165, 1.54) is 12.8 Å². The van der Waals surface area contributed by atoms with E-state index >= 15 is 0 Å². The zero-order chi connectivity index (χ0) is 17.6. The third-order valence-electron chi connectivity index (χ3n) is 4.49. The van der Waals surface area contributed by atoms with E-state index in [-0.39, 0.29) is 12.1 Å². The second-order valence-electron chi connectivity index (χ2n) is 6.21. The normalized spacial score (nSPS) is 15.8. The molecule has 0 saturated carbocycles. The Morgan fingerprint density at radius 3 is 2.72 bits per heavy atom. The molecule has 3 rings (SSSR count). The van der Waals surface area contributed by atoms with Gasteiger partial charge in [0.1, 0.15) is 5.75 Å². The minimum Gasteiger partial charge on any atom is -0.496 e. The average molecular weight is 343 g/mol. The standard InChI is InChI=1S/C18H25N5O2/c1-22-12-9-17(21-22)20-18(24)19-13-15(23-10-5-6-11-23)14-7-3-4-8-16(14)25-2/h3-4,7-9,12,15H,5-6,10-11,13H2,1-2H3,(H2,19,20,21,24). The summed E-state index contributed by atoms with van der Waals surface area (Å²) in [5, 5.41) is 9.88. The molecule has 1 aromatic heterocycles. The number of nitrogens with one attached hydrogen (secondary N) is 2. The van der Waals surface area contributed by atoms with E-state index < -0.39 is 0 Å². The van der Waals surface area contributed by atoms with Crippen LogP contribution in [0.3, 0.4) is 0 Å². The van der Waals surface area contributed by atoms with E-state index in [0.29, 0.717) is 12.4 Å². The summed E-state index contributed by atoms with van der Waals surface area (Å²) in [6, 6.07) is 9.61. The van der Waals surface area contributed by atoms with Crippen molar-refractivity contribution < 1.29 is 9.53 Å². The first kappa shape index (κ1) is 17.3. The number of benzene rings is 1. The first-order valence-corrected chi connectivity index (χ1v) is 8.59. The minimum absolute atomic E-state index is 0.0909. The van der Waals surface area contributed by atoms with Gasteiger partial charge in [-0.05, 0) is 32.0 Å². The Labute approximate surface area is 148 Å². The quantitative estimate of drug-likeness (QED) is 0.845. The predicted octanol–water partition coefficient (Wildman–Crippen LogP) is 2.39. The van der Waals surface area contributed by atoms with Gasteiger partial charge in [-0.15, -0.1) is 0 Å². The number of hydrogen-bond donors (Lipinski definition) is 2. The molecule has 1 atom stereocenters. The van der Waals surface area contributed by atoms with Crippen molar-refractivity contribution >= 4 is 11.8 Å². The van der Waals surface area contributed by atoms with E-state index in [0.717, 1.165) is 24.4 Å². The molecule has 7 nitrogen and oxygen atoms in total. The average Bonchev–Trinajstić information content (AvgIpc) is 3.28. The SMILES string of the molecule is COc1ccccc1C(CNC(=O)Nc1ccn(C)n1)N1CCCC1. The van der Waals surface area contributed by atoms with Crippen molar-refractivity contribution in [3.8, 4) is 5.75 Å². The monoisotopic (exact) mass is 343 g/mol. The summed E-state index contributed by atoms with van der Waals surface area (Å²) < 4.78 is 7.17. The number of para-hydroxylation sites is 1. The maximum atomic E-state index is 12.2. The van der Waals surface area contributed by atoms with E-state index in [4.69, 9.17) is 4.74 Å². The number of ether oxygens (including phenoxy) is 1. The molecule has 1 unspecified atom stereocenters. The molecule has 25 heavy (non-hydrogen) atoms. The van der Waals surface area contributed by atoms with Crippen LogP contribution in [-0.2, 0) is 7.05 Å². The number of methoxy groups -OCH3 is 1. The summed E-state index contributed by atoms with van der Waals surface area (Å²) in [7, 11) is 3.50. The fourth-order valence-corrected chi connectivity index (χ4v) is 3.26. The van der Waals surface area contributed by atoms with Crippen molar-refractivity contribution in [2.45, 2.75) is 18.9 Å². The van der Waals surface area contributed by atoms with Crippen LogP contribution in [-0.4, -0.2) is 47.5 Å². The van der Waals surface area contributed by atoms with E-state index in [1.807, 2.05) is 25.2 Å². The van der Waals surface area contributed by atoms with Crippen molar-refractivity contribution in [1.29, 1.82) is 0 Å². The fourth-order valence-electron chi connectivity index (χ4n) is 3.26. The lowest BCUT2D eigenvalue weighted by Crippen LogP contribution is -2.38. The molecule has 2 aromatic rings. The molecule has 2 heterocycles. The number of nitrogens with zero attached hydrogens (tertiary/aromatic N) is 3. The highest BCUT2D eigenvalue weighted by Crippen LogP contribution is 2.31. The first-order valence-electron chi connectivity index (χ1n) is 8.59. The highest BCUT2D eigenvalue weighted by molar-refractivity contribution is 5.88. The zero-order valence-electron chi connectivity index (χ0n) is 14.7. The highest BCUT2D eigenvalue weighted by Gasteiger charge is 2.26. The van der Waals surface area contributed by atoms with Gasteiger partial charge < -0.3 is 10.1 Å². The van der Waals surface area contributed by atoms with Crippen LogP contribution >= 0.6 is 0 Å². The van der Waals surface area contributed by atoms with Crippen LogP contribution in [0.25, 0.3) is 0 Å². The molecule has 0 bridgehead atoms. The predicted molar refractivity (Wildman–Crippen MR) is 96.8 cm³/mol. The molecule has 1 aromatic carbocycles. The second kappa shape index (κ2) is 8.02. The summed E-state index contributed by atoms with van der Waals surface area (Å²) in [4.78, 5) is 14.6. The number of urea groups is 1. The molecule has 2 N–H and O–H groups in total. The van der Waals surface area contributed by atoms with Crippen LogP contribution in [0.15, 0.2) is 36.5 Å². The van der Waals surface area contributed by atoms with Gasteiger partial charge in [0.25, 0.3) is 0 Å². The number of anilines is 1. The molecule has 2 amide bonds. The maximum Gasteiger partial charge on any atom is 0.320 e. The highest BCUT2D eigenvalue weighted by atomic mass is 16.5. The van der Waals surface area contributed by atoms with Crippen molar-refractivity contribution in [3.63, 3.8) is 0 Å². The van der Waals surface area contributed by atoms with Gasteiger partial charge in [0, 0.05) is 31.4 Å². The summed E-state index contributed by atoms with van der Waals surface area (Å²) in [6.45, 7) is 2.58. The molecule has 0 radical (unpaired) electrons. The smallest absolute Gasteiger partial charge is 0.320 e. The number of amides is 2.